The number of rotatable bonds is 23. The maximum absolute atomic E-state index is 13.1. The molecule has 0 saturated carbocycles. The van der Waals surface area contributed by atoms with Gasteiger partial charge >= 0.3 is 17.9 Å². The Bertz CT molecular complexity index is 1140. The summed E-state index contributed by atoms with van der Waals surface area (Å²) >= 11 is 3.96. The van der Waals surface area contributed by atoms with Crippen LogP contribution in [0.25, 0.3) is 0 Å². The van der Waals surface area contributed by atoms with Crippen LogP contribution < -0.4 is 38.1 Å². The van der Waals surface area contributed by atoms with E-state index in [0.717, 1.165) is 0 Å². The molecule has 0 aromatic heterocycles. The molecule has 0 spiro atoms. The summed E-state index contributed by atoms with van der Waals surface area (Å²) in [6, 6.07) is -9.62. The second kappa shape index (κ2) is 21.2. The molecule has 0 aliphatic carbocycles. The van der Waals surface area contributed by atoms with Gasteiger partial charge in [-0.25, -0.2) is 4.79 Å². The lowest BCUT2D eigenvalue weighted by Crippen LogP contribution is -2.60. The number of aliphatic carboxylic acids is 3. The van der Waals surface area contributed by atoms with Crippen molar-refractivity contribution < 1.29 is 68.7 Å². The van der Waals surface area contributed by atoms with Crippen molar-refractivity contribution in [2.24, 2.45) is 11.5 Å². The summed E-state index contributed by atoms with van der Waals surface area (Å²) in [7, 11) is 0. The highest BCUT2D eigenvalue weighted by molar-refractivity contribution is 7.80. The summed E-state index contributed by atoms with van der Waals surface area (Å²) in [6.45, 7) is -2.03. The smallest absolute Gasteiger partial charge is 0.328 e. The number of nitrogens with two attached hydrogens (primary N) is 2. The van der Waals surface area contributed by atoms with E-state index in [1.54, 1.807) is 0 Å². The average Bonchev–Trinajstić information content (AvgIpc) is 2.98. The number of carbonyl (C=O) groups is 9. The number of nitrogens with one attached hydrogen (secondary N) is 5. The molecule has 6 amide bonds. The van der Waals surface area contributed by atoms with Gasteiger partial charge in [0.2, 0.25) is 35.4 Å². The number of aliphatic hydroxyl groups is 2. The van der Waals surface area contributed by atoms with Crippen molar-refractivity contribution in [2.45, 2.75) is 74.8 Å². The minimum atomic E-state index is -1.75. The number of hydrogen-bond donors (Lipinski definition) is 13. The second-order valence-electron chi connectivity index (χ2n) is 9.67. The molecule has 0 saturated heterocycles. The topological polar surface area (TPSA) is 367 Å². The summed E-state index contributed by atoms with van der Waals surface area (Å²) in [4.78, 5) is 108. The molecule has 6 atom stereocenters. The number of carboxylic acid groups (broad SMARTS) is 3. The van der Waals surface area contributed by atoms with Crippen LogP contribution in [0, 0.1) is 0 Å². The van der Waals surface area contributed by atoms with E-state index in [-0.39, 0.29) is 6.42 Å². The first-order chi connectivity index (χ1) is 21.5. The van der Waals surface area contributed by atoms with Crippen molar-refractivity contribution in [3.8, 4) is 0 Å². The van der Waals surface area contributed by atoms with Gasteiger partial charge in [-0.3, -0.25) is 38.4 Å². The molecule has 0 aromatic rings. The van der Waals surface area contributed by atoms with Crippen LogP contribution in [0.2, 0.25) is 0 Å². The molecular formula is C24H39N7O14S. The summed E-state index contributed by atoms with van der Waals surface area (Å²) in [5, 5.41) is 55.9. The lowest BCUT2D eigenvalue weighted by molar-refractivity contribution is -0.143. The fourth-order valence-corrected chi connectivity index (χ4v) is 3.70. The van der Waals surface area contributed by atoms with Crippen molar-refractivity contribution in [1.29, 1.82) is 0 Å². The minimum Gasteiger partial charge on any atom is -0.481 e. The minimum absolute atomic E-state index is 0.314. The van der Waals surface area contributed by atoms with Gasteiger partial charge in [0, 0.05) is 25.0 Å². The van der Waals surface area contributed by atoms with Gasteiger partial charge in [0.15, 0.2) is 0 Å². The fourth-order valence-electron chi connectivity index (χ4n) is 3.44. The lowest BCUT2D eigenvalue weighted by atomic mass is 10.1. The van der Waals surface area contributed by atoms with E-state index < -0.39 is 141 Å². The van der Waals surface area contributed by atoms with Crippen LogP contribution in [-0.4, -0.2) is 134 Å². The monoisotopic (exact) mass is 681 g/mol. The Morgan fingerprint density at radius 2 is 0.913 bits per heavy atom. The molecule has 0 radical (unpaired) electrons. The van der Waals surface area contributed by atoms with Crippen molar-refractivity contribution in [3.63, 3.8) is 0 Å². The Morgan fingerprint density at radius 3 is 1.35 bits per heavy atom. The second-order valence-corrected chi connectivity index (χ2v) is 10.0. The van der Waals surface area contributed by atoms with E-state index in [1.807, 2.05) is 5.32 Å². The van der Waals surface area contributed by atoms with E-state index in [9.17, 15) is 48.3 Å². The molecule has 0 aromatic carbocycles. The Kier molecular flexibility index (Phi) is 19.1. The number of aliphatic hydroxyl groups excluding tert-OH is 2. The molecular weight excluding hydrogens is 642 g/mol. The van der Waals surface area contributed by atoms with E-state index in [0.29, 0.717) is 0 Å². The molecule has 0 heterocycles. The predicted octanol–water partition coefficient (Wildman–Crippen LogP) is -6.27. The lowest BCUT2D eigenvalue weighted by Gasteiger charge is -2.26. The molecule has 46 heavy (non-hydrogen) atoms. The quantitative estimate of drug-likeness (QED) is 0.0446. The van der Waals surface area contributed by atoms with Gasteiger partial charge in [-0.1, -0.05) is 0 Å². The van der Waals surface area contributed by atoms with Crippen LogP contribution in [-0.2, 0) is 43.2 Å². The van der Waals surface area contributed by atoms with Crippen molar-refractivity contribution in [3.05, 3.63) is 0 Å². The van der Waals surface area contributed by atoms with Crippen LogP contribution in [0.3, 0.4) is 0 Å². The highest BCUT2D eigenvalue weighted by Gasteiger charge is 2.32. The van der Waals surface area contributed by atoms with Crippen LogP contribution in [0.4, 0.5) is 0 Å². The first kappa shape index (κ1) is 41.5. The highest BCUT2D eigenvalue weighted by Crippen LogP contribution is 2.06. The summed E-state index contributed by atoms with van der Waals surface area (Å²) in [5.74, 6) is -11.0. The molecule has 0 bridgehead atoms. The summed E-state index contributed by atoms with van der Waals surface area (Å²) < 4.78 is 0. The third-order valence-electron chi connectivity index (χ3n) is 6.03. The third-order valence-corrected chi connectivity index (χ3v) is 6.39. The highest BCUT2D eigenvalue weighted by atomic mass is 32.1. The number of carbonyl (C=O) groups excluding carboxylic acids is 6. The molecule has 14 N–H and O–H groups in total. The fraction of sp³-hybridized carbons (Fsp3) is 0.625. The van der Waals surface area contributed by atoms with Gasteiger partial charge in [-0.2, -0.15) is 12.6 Å². The maximum Gasteiger partial charge on any atom is 0.328 e. The SMILES string of the molecule is NC(=O)CC[C@H](NC(=O)[C@H](CCC(=O)O)NC(=O)[C@@H](N)CCC(=O)O)C(=O)N[C@@H](CS)C(=O)N[C@@H](CO)C(=O)N[C@@H](CO)C(=O)O. The van der Waals surface area contributed by atoms with Crippen molar-refractivity contribution >= 4 is 66.0 Å². The van der Waals surface area contributed by atoms with Crippen LogP contribution in [0.1, 0.15) is 38.5 Å². The van der Waals surface area contributed by atoms with Crippen LogP contribution in [0.5, 0.6) is 0 Å². The Morgan fingerprint density at radius 1 is 0.543 bits per heavy atom. The number of carboxylic acids is 3. The predicted molar refractivity (Wildman–Crippen MR) is 155 cm³/mol. The van der Waals surface area contributed by atoms with Gasteiger partial charge in [-0.05, 0) is 19.3 Å². The van der Waals surface area contributed by atoms with Gasteiger partial charge in [0.1, 0.15) is 30.2 Å². The zero-order valence-corrected chi connectivity index (χ0v) is 25.2. The Balaban J connectivity index is 5.82. The number of amides is 6. The number of thiol groups is 1. The molecule has 22 heteroatoms. The van der Waals surface area contributed by atoms with E-state index in [4.69, 9.17) is 31.9 Å². The molecule has 0 aliphatic rings. The largest absolute Gasteiger partial charge is 0.481 e. The van der Waals surface area contributed by atoms with Gasteiger partial charge < -0.3 is 63.6 Å². The van der Waals surface area contributed by atoms with E-state index in [2.05, 4.69) is 33.9 Å². The van der Waals surface area contributed by atoms with E-state index in [1.165, 1.54) is 0 Å². The van der Waals surface area contributed by atoms with Crippen LogP contribution >= 0.6 is 12.6 Å². The zero-order valence-electron chi connectivity index (χ0n) is 24.3. The van der Waals surface area contributed by atoms with Gasteiger partial charge in [0.25, 0.3) is 0 Å². The normalized spacial score (nSPS) is 14.6. The van der Waals surface area contributed by atoms with Crippen molar-refractivity contribution in [2.75, 3.05) is 19.0 Å². The maximum atomic E-state index is 13.1. The molecule has 0 fully saturated rings. The number of primary amides is 1. The number of hydrogen-bond acceptors (Lipinski definition) is 13. The third kappa shape index (κ3) is 16.0. The van der Waals surface area contributed by atoms with Gasteiger partial charge in [0.05, 0.1) is 19.3 Å². The first-order valence-electron chi connectivity index (χ1n) is 13.5. The first-order valence-corrected chi connectivity index (χ1v) is 14.1. The Hall–Kier alpha value is -4.54. The summed E-state index contributed by atoms with van der Waals surface area (Å²) in [6.07, 6.45) is -2.83. The van der Waals surface area contributed by atoms with Crippen molar-refractivity contribution in [1.82, 2.24) is 26.6 Å². The molecule has 0 unspecified atom stereocenters. The molecule has 21 nitrogen and oxygen atoms in total. The average molecular weight is 682 g/mol. The van der Waals surface area contributed by atoms with E-state index >= 15 is 0 Å². The van der Waals surface area contributed by atoms with Gasteiger partial charge in [-0.15, -0.1) is 0 Å². The van der Waals surface area contributed by atoms with Crippen LogP contribution in [0.15, 0.2) is 0 Å². The molecule has 0 rings (SSSR count). The molecule has 260 valence electrons. The Labute approximate surface area is 266 Å². The molecule has 0 aliphatic heterocycles. The zero-order chi connectivity index (χ0) is 35.6. The summed E-state index contributed by atoms with van der Waals surface area (Å²) in [5.41, 5.74) is 10.8. The standard InChI is InChI=1S/C24H39N7O14S/c25-10(1-5-17(35)36)19(39)27-12(3-6-18(37)38)20(40)28-11(2-4-16(26)34)21(41)31-15(9-46)23(43)29-13(7-32)22(42)30-14(8-33)24(44)45/h10-15,32-33,46H,1-9,25H2,(H2,26,34)(H,27,39)(H,28,40)(H,29,43)(H,30,42)(H,31,41)(H,35,36)(H,37,38)(H,44,45)/t10-,11-,12-,13-,14-,15-/m0/s1.